The van der Waals surface area contributed by atoms with Gasteiger partial charge in [0.1, 0.15) is 0 Å². The molecule has 4 rings (SSSR count). The van der Waals surface area contributed by atoms with Crippen molar-refractivity contribution < 1.29 is 4.79 Å². The predicted molar refractivity (Wildman–Crippen MR) is 106 cm³/mol. The zero-order valence-electron chi connectivity index (χ0n) is 15.7. The zero-order chi connectivity index (χ0) is 18.1. The first-order valence-electron chi connectivity index (χ1n) is 9.60. The Morgan fingerprint density at radius 3 is 2.58 bits per heavy atom. The molecule has 3 nitrogen and oxygen atoms in total. The van der Waals surface area contributed by atoms with Crippen molar-refractivity contribution in [2.24, 2.45) is 0 Å². The van der Waals surface area contributed by atoms with Crippen molar-refractivity contribution in [1.82, 2.24) is 9.47 Å². The second-order valence-corrected chi connectivity index (χ2v) is 7.16. The van der Waals surface area contributed by atoms with Gasteiger partial charge in [0.2, 0.25) is 5.91 Å². The lowest BCUT2D eigenvalue weighted by Gasteiger charge is -2.29. The highest BCUT2D eigenvalue weighted by Crippen LogP contribution is 2.27. The van der Waals surface area contributed by atoms with Crippen LogP contribution in [-0.2, 0) is 30.7 Å². The minimum Gasteiger partial charge on any atom is -0.345 e. The molecule has 0 spiro atoms. The highest BCUT2D eigenvalue weighted by molar-refractivity contribution is 5.86. The Bertz CT molecular complexity index is 954. The maximum atomic E-state index is 12.8. The molecule has 134 valence electrons. The smallest absolute Gasteiger partial charge is 0.223 e. The van der Waals surface area contributed by atoms with Crippen LogP contribution >= 0.6 is 0 Å². The zero-order valence-corrected chi connectivity index (χ0v) is 15.7. The van der Waals surface area contributed by atoms with Gasteiger partial charge >= 0.3 is 0 Å². The van der Waals surface area contributed by atoms with E-state index in [0.29, 0.717) is 6.42 Å². The number of aromatic nitrogens is 1. The van der Waals surface area contributed by atoms with Crippen LogP contribution in [0.1, 0.15) is 35.7 Å². The van der Waals surface area contributed by atoms with Gasteiger partial charge in [-0.25, -0.2) is 0 Å². The quantitative estimate of drug-likeness (QED) is 0.683. The molecular formula is C23H26N2O. The highest BCUT2D eigenvalue weighted by Gasteiger charge is 2.21. The molecule has 3 heteroatoms. The number of hydrogen-bond acceptors (Lipinski definition) is 1. The average Bonchev–Trinajstić information content (AvgIpc) is 2.96. The van der Waals surface area contributed by atoms with Gasteiger partial charge < -0.3 is 9.47 Å². The van der Waals surface area contributed by atoms with Crippen molar-refractivity contribution in [2.75, 3.05) is 6.54 Å². The molecule has 0 saturated heterocycles. The van der Waals surface area contributed by atoms with E-state index in [-0.39, 0.29) is 5.91 Å². The van der Waals surface area contributed by atoms with E-state index in [1.807, 2.05) is 4.90 Å². The first-order chi connectivity index (χ1) is 12.7. The predicted octanol–water partition coefficient (Wildman–Crippen LogP) is 4.49. The van der Waals surface area contributed by atoms with E-state index in [1.165, 1.54) is 33.3 Å². The Kier molecular flexibility index (Phi) is 4.54. The molecule has 0 aliphatic carbocycles. The second-order valence-electron chi connectivity index (χ2n) is 7.16. The van der Waals surface area contributed by atoms with Gasteiger partial charge in [0.05, 0.1) is 0 Å². The van der Waals surface area contributed by atoms with E-state index < -0.39 is 0 Å². The molecule has 0 fully saturated rings. The largest absolute Gasteiger partial charge is 0.345 e. The summed E-state index contributed by atoms with van der Waals surface area (Å²) in [4.78, 5) is 14.8. The molecule has 0 bridgehead atoms. The molecule has 1 amide bonds. The molecule has 3 aromatic rings. The molecule has 2 heterocycles. The molecular weight excluding hydrogens is 320 g/mol. The van der Waals surface area contributed by atoms with Crippen molar-refractivity contribution in [3.05, 3.63) is 70.9 Å². The van der Waals surface area contributed by atoms with Crippen LogP contribution in [0.2, 0.25) is 0 Å². The Labute approximate surface area is 155 Å². The first-order valence-corrected chi connectivity index (χ1v) is 9.60. The highest BCUT2D eigenvalue weighted by atomic mass is 16.2. The van der Waals surface area contributed by atoms with Crippen LogP contribution in [0.15, 0.2) is 48.5 Å². The number of nitrogens with zero attached hydrogens (tertiary/aromatic N) is 2. The van der Waals surface area contributed by atoms with Gasteiger partial charge in [-0.1, -0.05) is 42.5 Å². The van der Waals surface area contributed by atoms with Crippen LogP contribution in [-0.4, -0.2) is 21.9 Å². The monoisotopic (exact) mass is 346 g/mol. The summed E-state index contributed by atoms with van der Waals surface area (Å²) in [6, 6.07) is 17.0. The summed E-state index contributed by atoms with van der Waals surface area (Å²) in [6.45, 7) is 6.92. The van der Waals surface area contributed by atoms with E-state index >= 15 is 0 Å². The van der Waals surface area contributed by atoms with Crippen molar-refractivity contribution in [1.29, 1.82) is 0 Å². The molecule has 0 unspecified atom stereocenters. The lowest BCUT2D eigenvalue weighted by Crippen LogP contribution is -2.36. The SMILES string of the molecule is CCn1c(C)c(CCC(=O)N2CCc3ccccc3C2)c2ccccc21. The van der Waals surface area contributed by atoms with Gasteiger partial charge in [-0.05, 0) is 49.4 Å². The number of fused-ring (bicyclic) bond motifs is 2. The van der Waals surface area contributed by atoms with Gasteiger partial charge in [0.15, 0.2) is 0 Å². The minimum absolute atomic E-state index is 0.271. The van der Waals surface area contributed by atoms with E-state index in [4.69, 9.17) is 0 Å². The van der Waals surface area contributed by atoms with E-state index in [9.17, 15) is 4.79 Å². The van der Waals surface area contributed by atoms with Gasteiger partial charge in [-0.2, -0.15) is 0 Å². The Morgan fingerprint density at radius 1 is 1.04 bits per heavy atom. The number of para-hydroxylation sites is 1. The number of rotatable bonds is 4. The molecule has 26 heavy (non-hydrogen) atoms. The summed E-state index contributed by atoms with van der Waals surface area (Å²) < 4.78 is 2.35. The maximum absolute atomic E-state index is 12.8. The average molecular weight is 346 g/mol. The van der Waals surface area contributed by atoms with Crippen LogP contribution in [0.4, 0.5) is 0 Å². The van der Waals surface area contributed by atoms with Crippen molar-refractivity contribution >= 4 is 16.8 Å². The molecule has 0 atom stereocenters. The van der Waals surface area contributed by atoms with Gasteiger partial charge in [0.25, 0.3) is 0 Å². The van der Waals surface area contributed by atoms with E-state index in [1.54, 1.807) is 0 Å². The number of carbonyl (C=O) groups is 1. The second kappa shape index (κ2) is 6.99. The van der Waals surface area contributed by atoms with Gasteiger partial charge in [-0.3, -0.25) is 4.79 Å². The molecule has 1 aromatic heterocycles. The van der Waals surface area contributed by atoms with Gasteiger partial charge in [-0.15, -0.1) is 0 Å². The van der Waals surface area contributed by atoms with E-state index in [0.717, 1.165) is 32.5 Å². The summed E-state index contributed by atoms with van der Waals surface area (Å²) in [5.41, 5.74) is 6.59. The van der Waals surface area contributed by atoms with Crippen LogP contribution in [0, 0.1) is 6.92 Å². The molecule has 2 aromatic carbocycles. The summed E-state index contributed by atoms with van der Waals surface area (Å²) in [5.74, 6) is 0.271. The number of benzene rings is 2. The Balaban J connectivity index is 1.51. The molecule has 0 saturated carbocycles. The lowest BCUT2D eigenvalue weighted by molar-refractivity contribution is -0.132. The third kappa shape index (κ3) is 2.92. The maximum Gasteiger partial charge on any atom is 0.223 e. The molecule has 0 radical (unpaired) electrons. The van der Waals surface area contributed by atoms with Crippen molar-refractivity contribution in [3.63, 3.8) is 0 Å². The molecule has 1 aliphatic heterocycles. The normalized spacial score (nSPS) is 13.8. The van der Waals surface area contributed by atoms with Crippen molar-refractivity contribution in [2.45, 2.75) is 46.2 Å². The fourth-order valence-corrected chi connectivity index (χ4v) is 4.32. The van der Waals surface area contributed by atoms with E-state index in [2.05, 4.69) is 66.9 Å². The number of hydrogen-bond donors (Lipinski definition) is 0. The topological polar surface area (TPSA) is 25.2 Å². The van der Waals surface area contributed by atoms with Crippen LogP contribution in [0.5, 0.6) is 0 Å². The lowest BCUT2D eigenvalue weighted by atomic mass is 9.99. The number of amides is 1. The summed E-state index contributed by atoms with van der Waals surface area (Å²) in [6.07, 6.45) is 2.37. The summed E-state index contributed by atoms with van der Waals surface area (Å²) >= 11 is 0. The third-order valence-electron chi connectivity index (χ3n) is 5.75. The minimum atomic E-state index is 0.271. The summed E-state index contributed by atoms with van der Waals surface area (Å²) in [7, 11) is 0. The van der Waals surface area contributed by atoms with Crippen LogP contribution in [0.3, 0.4) is 0 Å². The molecule has 1 aliphatic rings. The Hall–Kier alpha value is -2.55. The molecule has 0 N–H and O–H groups in total. The van der Waals surface area contributed by atoms with Crippen molar-refractivity contribution in [3.8, 4) is 0 Å². The standard InChI is InChI=1S/C23H26N2O/c1-3-25-17(2)20(21-10-6-7-11-22(21)25)12-13-23(26)24-15-14-18-8-4-5-9-19(18)16-24/h4-11H,3,12-16H2,1-2H3. The number of carbonyl (C=O) groups excluding carboxylic acids is 1. The van der Waals surface area contributed by atoms with Crippen LogP contribution in [0.25, 0.3) is 10.9 Å². The Morgan fingerprint density at radius 2 is 1.77 bits per heavy atom. The van der Waals surface area contributed by atoms with Crippen LogP contribution < -0.4 is 0 Å². The third-order valence-corrected chi connectivity index (χ3v) is 5.75. The first kappa shape index (κ1) is 16.9. The van der Waals surface area contributed by atoms with Gasteiger partial charge in [0, 0.05) is 42.7 Å². The number of aryl methyl sites for hydroxylation is 2. The fraction of sp³-hybridized carbons (Fsp3) is 0.348. The summed E-state index contributed by atoms with van der Waals surface area (Å²) in [5, 5.41) is 1.30. The fourth-order valence-electron chi connectivity index (χ4n) is 4.32.